The third kappa shape index (κ3) is 3.72. The van der Waals surface area contributed by atoms with Crippen LogP contribution in [0, 0.1) is 0 Å². The molecule has 11 nitrogen and oxygen atoms in total. The van der Waals surface area contributed by atoms with Gasteiger partial charge in [-0.25, -0.2) is 9.36 Å². The molecule has 0 bridgehead atoms. The molecule has 1 saturated heterocycles. The van der Waals surface area contributed by atoms with Crippen molar-refractivity contribution in [2.45, 2.75) is 30.8 Å². The Bertz CT molecular complexity index is 759. The first-order valence-corrected chi connectivity index (χ1v) is 9.28. The Kier molecular flexibility index (Phi) is 5.28. The van der Waals surface area contributed by atoms with Gasteiger partial charge in [0, 0.05) is 10.6 Å². The summed E-state index contributed by atoms with van der Waals surface area (Å²) in [6.45, 7) is -0.709. The molecule has 1 aromatic carbocycles. The summed E-state index contributed by atoms with van der Waals surface area (Å²) < 4.78 is 20.5. The predicted octanol–water partition coefficient (Wildman–Crippen LogP) is -0.584. The van der Waals surface area contributed by atoms with Crippen molar-refractivity contribution in [3.63, 3.8) is 0 Å². The SMILES string of the molecule is O=C1NC(O)c2ccc(Cl)cc2N1[C@@H]1O[C@H](COP(=O)(O)O)[C@@H](O)[C@H]1O. The van der Waals surface area contributed by atoms with Crippen LogP contribution < -0.4 is 10.2 Å². The number of nitrogens with zero attached hydrogens (tertiary/aromatic N) is 1. The van der Waals surface area contributed by atoms with Gasteiger partial charge in [0.05, 0.1) is 12.3 Å². The molecule has 1 fully saturated rings. The van der Waals surface area contributed by atoms with Gasteiger partial charge in [-0.05, 0) is 12.1 Å². The van der Waals surface area contributed by atoms with Crippen LogP contribution in [0.3, 0.4) is 0 Å². The molecule has 2 aliphatic rings. The van der Waals surface area contributed by atoms with Gasteiger partial charge in [0.1, 0.15) is 18.3 Å². The molecular formula is C13H16ClN2O9P. The first-order chi connectivity index (χ1) is 12.1. The lowest BCUT2D eigenvalue weighted by Crippen LogP contribution is -2.55. The van der Waals surface area contributed by atoms with E-state index in [1.807, 2.05) is 0 Å². The zero-order valence-corrected chi connectivity index (χ0v) is 14.6. The number of anilines is 1. The Balaban J connectivity index is 1.88. The number of phosphoric acid groups is 1. The lowest BCUT2D eigenvalue weighted by atomic mass is 10.1. The van der Waals surface area contributed by atoms with Crippen molar-refractivity contribution < 1.29 is 43.7 Å². The molecule has 1 aromatic rings. The van der Waals surface area contributed by atoms with Crippen LogP contribution in [0.4, 0.5) is 10.5 Å². The minimum absolute atomic E-state index is 0.154. The number of amides is 2. The van der Waals surface area contributed by atoms with Crippen LogP contribution in [0.1, 0.15) is 11.8 Å². The van der Waals surface area contributed by atoms with Gasteiger partial charge >= 0.3 is 13.9 Å². The Labute approximate surface area is 151 Å². The van der Waals surface area contributed by atoms with Gasteiger partial charge in [-0.3, -0.25) is 9.42 Å². The summed E-state index contributed by atoms with van der Waals surface area (Å²) in [5, 5.41) is 32.8. The molecule has 0 saturated carbocycles. The zero-order chi connectivity index (χ0) is 19.2. The maximum atomic E-state index is 12.3. The van der Waals surface area contributed by atoms with E-state index in [9.17, 15) is 24.7 Å². The van der Waals surface area contributed by atoms with E-state index in [1.54, 1.807) is 0 Å². The molecule has 3 rings (SSSR count). The lowest BCUT2D eigenvalue weighted by molar-refractivity contribution is -0.0210. The number of phosphoric ester groups is 1. The Morgan fingerprint density at radius 1 is 1.27 bits per heavy atom. The number of fused-ring (bicyclic) bond motifs is 1. The van der Waals surface area contributed by atoms with Crippen molar-refractivity contribution in [2.75, 3.05) is 11.5 Å². The van der Waals surface area contributed by atoms with Crippen molar-refractivity contribution in [3.8, 4) is 0 Å². The summed E-state index contributed by atoms with van der Waals surface area (Å²) in [4.78, 5) is 30.8. The van der Waals surface area contributed by atoms with E-state index in [1.165, 1.54) is 18.2 Å². The molecular weight excluding hydrogens is 395 g/mol. The average molecular weight is 411 g/mol. The van der Waals surface area contributed by atoms with Crippen molar-refractivity contribution in [2.24, 2.45) is 0 Å². The zero-order valence-electron chi connectivity index (χ0n) is 13.0. The number of ether oxygens (including phenoxy) is 1. The molecule has 144 valence electrons. The number of hydrogen-bond acceptors (Lipinski definition) is 7. The molecule has 5 atom stereocenters. The highest BCUT2D eigenvalue weighted by atomic mass is 35.5. The normalized spacial score (nSPS) is 31.7. The minimum Gasteiger partial charge on any atom is -0.387 e. The second-order valence-electron chi connectivity index (χ2n) is 5.76. The highest BCUT2D eigenvalue weighted by Gasteiger charge is 2.49. The van der Waals surface area contributed by atoms with Crippen LogP contribution in [-0.2, 0) is 13.8 Å². The van der Waals surface area contributed by atoms with E-state index in [0.717, 1.165) is 4.90 Å². The summed E-state index contributed by atoms with van der Waals surface area (Å²) >= 11 is 5.94. The molecule has 2 amide bonds. The summed E-state index contributed by atoms with van der Waals surface area (Å²) in [6, 6.07) is 3.53. The van der Waals surface area contributed by atoms with Crippen LogP contribution in [0.5, 0.6) is 0 Å². The smallest absolute Gasteiger partial charge is 0.387 e. The van der Waals surface area contributed by atoms with Crippen LogP contribution in [-0.4, -0.2) is 62.3 Å². The quantitative estimate of drug-likeness (QED) is 0.355. The molecule has 26 heavy (non-hydrogen) atoms. The van der Waals surface area contributed by atoms with Gasteiger partial charge in [0.2, 0.25) is 0 Å². The lowest BCUT2D eigenvalue weighted by Gasteiger charge is -2.37. The summed E-state index contributed by atoms with van der Waals surface area (Å²) in [5.41, 5.74) is 0.441. The van der Waals surface area contributed by atoms with E-state index in [4.69, 9.17) is 26.1 Å². The van der Waals surface area contributed by atoms with Crippen molar-refractivity contribution in [1.82, 2.24) is 5.32 Å². The minimum atomic E-state index is -4.81. The number of nitrogens with one attached hydrogen (secondary N) is 1. The summed E-state index contributed by atoms with van der Waals surface area (Å²) in [6.07, 6.45) is -7.18. The van der Waals surface area contributed by atoms with Gasteiger partial charge in [-0.2, -0.15) is 0 Å². The van der Waals surface area contributed by atoms with E-state index in [2.05, 4.69) is 9.84 Å². The van der Waals surface area contributed by atoms with E-state index < -0.39 is 51.2 Å². The first-order valence-electron chi connectivity index (χ1n) is 7.37. The Morgan fingerprint density at radius 3 is 2.62 bits per heavy atom. The topological polar surface area (TPSA) is 169 Å². The molecule has 6 N–H and O–H groups in total. The number of halogens is 1. The molecule has 0 spiro atoms. The van der Waals surface area contributed by atoms with Crippen LogP contribution in [0.25, 0.3) is 0 Å². The maximum Gasteiger partial charge on any atom is 0.469 e. The third-order valence-corrected chi connectivity index (χ3v) is 4.74. The highest BCUT2D eigenvalue weighted by molar-refractivity contribution is 7.46. The molecule has 0 aliphatic carbocycles. The van der Waals surface area contributed by atoms with Gasteiger partial charge in [0.25, 0.3) is 0 Å². The fourth-order valence-electron chi connectivity index (χ4n) is 2.83. The fraction of sp³-hybridized carbons (Fsp3) is 0.462. The summed E-state index contributed by atoms with van der Waals surface area (Å²) in [7, 11) is -4.81. The monoisotopic (exact) mass is 410 g/mol. The molecule has 1 unspecified atom stereocenters. The highest BCUT2D eigenvalue weighted by Crippen LogP contribution is 2.39. The van der Waals surface area contributed by atoms with E-state index >= 15 is 0 Å². The summed E-state index contributed by atoms with van der Waals surface area (Å²) in [5.74, 6) is 0. The second-order valence-corrected chi connectivity index (χ2v) is 7.43. The number of benzene rings is 1. The van der Waals surface area contributed by atoms with Gasteiger partial charge in [-0.15, -0.1) is 0 Å². The number of aliphatic hydroxyl groups is 3. The molecule has 2 aliphatic heterocycles. The standard InChI is InChI=1S/C13H16ClN2O9P/c14-5-1-2-6-7(3-5)16(13(20)15-11(6)19)12-10(18)9(17)8(25-12)4-24-26(21,22)23/h1-3,8-12,17-19H,4H2,(H,15,20)(H2,21,22,23)/t8-,9-,10-,11?,12-/m1/s1. The Hall–Kier alpha value is -1.27. The third-order valence-electron chi connectivity index (χ3n) is 4.02. The van der Waals surface area contributed by atoms with E-state index in [0.29, 0.717) is 0 Å². The van der Waals surface area contributed by atoms with Crippen molar-refractivity contribution in [3.05, 3.63) is 28.8 Å². The molecule has 0 aromatic heterocycles. The first kappa shape index (κ1) is 19.5. The van der Waals surface area contributed by atoms with E-state index in [-0.39, 0.29) is 16.3 Å². The number of carbonyl (C=O) groups is 1. The number of urea groups is 1. The number of aliphatic hydroxyl groups excluding tert-OH is 3. The molecule has 2 heterocycles. The van der Waals surface area contributed by atoms with Gasteiger partial charge in [-0.1, -0.05) is 17.7 Å². The maximum absolute atomic E-state index is 12.3. The van der Waals surface area contributed by atoms with Crippen LogP contribution >= 0.6 is 19.4 Å². The Morgan fingerprint density at radius 2 is 1.96 bits per heavy atom. The number of rotatable bonds is 4. The molecule has 0 radical (unpaired) electrons. The molecule has 13 heteroatoms. The van der Waals surface area contributed by atoms with Gasteiger partial charge in [0.15, 0.2) is 12.5 Å². The number of carbonyl (C=O) groups excluding carboxylic acids is 1. The van der Waals surface area contributed by atoms with Crippen LogP contribution in [0.2, 0.25) is 5.02 Å². The fourth-order valence-corrected chi connectivity index (χ4v) is 3.34. The average Bonchev–Trinajstić information content (AvgIpc) is 2.80. The predicted molar refractivity (Wildman–Crippen MR) is 86.1 cm³/mol. The number of hydrogen-bond donors (Lipinski definition) is 6. The second kappa shape index (κ2) is 7.04. The van der Waals surface area contributed by atoms with Crippen molar-refractivity contribution >= 4 is 31.1 Å². The van der Waals surface area contributed by atoms with Gasteiger partial charge < -0.3 is 35.2 Å². The van der Waals surface area contributed by atoms with Crippen LogP contribution in [0.15, 0.2) is 18.2 Å². The largest absolute Gasteiger partial charge is 0.469 e. The van der Waals surface area contributed by atoms with Crippen molar-refractivity contribution in [1.29, 1.82) is 0 Å².